The Bertz CT molecular complexity index is 749. The van der Waals surface area contributed by atoms with Crippen molar-refractivity contribution in [3.8, 4) is 0 Å². The van der Waals surface area contributed by atoms with E-state index >= 15 is 0 Å². The fraction of sp³-hybridized carbons (Fsp3) is 0.784. The molecule has 1 aromatic rings. The fourth-order valence-electron chi connectivity index (χ4n) is 5.98. The number of nitrogens with zero attached hydrogens (tertiary/aromatic N) is 1. The molecule has 0 amide bonds. The van der Waals surface area contributed by atoms with E-state index in [1.165, 1.54) is 145 Å². The van der Waals surface area contributed by atoms with Gasteiger partial charge in [-0.15, -0.1) is 0 Å². The number of hydrogen-bond acceptors (Lipinski definition) is 3. The van der Waals surface area contributed by atoms with Gasteiger partial charge in [0.25, 0.3) is 0 Å². The molecule has 242 valence electrons. The van der Waals surface area contributed by atoms with Crippen LogP contribution in [0.25, 0.3) is 0 Å². The van der Waals surface area contributed by atoms with Gasteiger partial charge in [0, 0.05) is 19.4 Å². The van der Waals surface area contributed by atoms with Crippen LogP contribution in [0.1, 0.15) is 171 Å². The van der Waals surface area contributed by atoms with Crippen molar-refractivity contribution >= 4 is 11.9 Å². The minimum atomic E-state index is -0.665. The summed E-state index contributed by atoms with van der Waals surface area (Å²) in [4.78, 5) is 23.4. The van der Waals surface area contributed by atoms with Gasteiger partial charge in [-0.1, -0.05) is 134 Å². The van der Waals surface area contributed by atoms with Crippen LogP contribution in [-0.2, 0) is 29.0 Å². The first-order valence-electron chi connectivity index (χ1n) is 17.6. The molecule has 0 aliphatic rings. The number of aryl methyl sites for hydroxylation is 2. The maximum atomic E-state index is 10.5. The second kappa shape index (κ2) is 26.7. The van der Waals surface area contributed by atoms with E-state index < -0.39 is 11.9 Å². The van der Waals surface area contributed by atoms with Gasteiger partial charge in [0.05, 0.1) is 0 Å². The monoisotopic (exact) mass is 587 g/mol. The van der Waals surface area contributed by atoms with Crippen molar-refractivity contribution in [3.63, 3.8) is 0 Å². The highest BCUT2D eigenvalue weighted by Gasteiger charge is 2.05. The largest absolute Gasteiger partial charge is 0.481 e. The van der Waals surface area contributed by atoms with Crippen LogP contribution in [0, 0.1) is 0 Å². The third kappa shape index (κ3) is 24.7. The molecule has 0 heterocycles. The van der Waals surface area contributed by atoms with Crippen LogP contribution in [0.15, 0.2) is 18.2 Å². The molecular weight excluding hydrogens is 522 g/mol. The summed E-state index contributed by atoms with van der Waals surface area (Å²) in [6, 6.07) is 7.35. The summed E-state index contributed by atoms with van der Waals surface area (Å²) in [6.07, 6.45) is 30.2. The van der Waals surface area contributed by atoms with Crippen molar-refractivity contribution in [2.75, 3.05) is 14.1 Å². The van der Waals surface area contributed by atoms with Crippen molar-refractivity contribution in [2.45, 2.75) is 173 Å². The maximum absolute atomic E-state index is 10.5. The molecule has 0 aromatic heterocycles. The standard InChI is InChI=1S/C37H65NO4/c1-38(2)32-35-30-33(25-21-17-13-9-5-3-7-11-15-19-23-27-36(39)40)29-34(31-35)26-22-18-14-10-6-4-8-12-16-20-24-28-37(41)42/h29-31H,3-28,32H2,1-2H3,(H,39,40)(H,41,42). The summed E-state index contributed by atoms with van der Waals surface area (Å²) in [6.45, 7) is 1.01. The molecule has 0 saturated heterocycles. The van der Waals surface area contributed by atoms with E-state index in [0.717, 1.165) is 32.2 Å². The summed E-state index contributed by atoms with van der Waals surface area (Å²) >= 11 is 0. The van der Waals surface area contributed by atoms with Crippen molar-refractivity contribution in [3.05, 3.63) is 34.9 Å². The molecule has 0 fully saturated rings. The van der Waals surface area contributed by atoms with Gasteiger partial charge in [-0.2, -0.15) is 0 Å². The number of aliphatic carboxylic acids is 2. The molecule has 0 radical (unpaired) electrons. The Morgan fingerprint density at radius 3 is 1.00 bits per heavy atom. The normalized spacial score (nSPS) is 11.4. The van der Waals surface area contributed by atoms with Crippen LogP contribution in [0.5, 0.6) is 0 Å². The number of unbranched alkanes of at least 4 members (excludes halogenated alkanes) is 20. The van der Waals surface area contributed by atoms with E-state index in [4.69, 9.17) is 10.2 Å². The van der Waals surface area contributed by atoms with Crippen LogP contribution in [0.2, 0.25) is 0 Å². The molecule has 0 aliphatic carbocycles. The van der Waals surface area contributed by atoms with E-state index in [0.29, 0.717) is 12.8 Å². The minimum Gasteiger partial charge on any atom is -0.481 e. The van der Waals surface area contributed by atoms with Gasteiger partial charge in [0.1, 0.15) is 0 Å². The second-order valence-electron chi connectivity index (χ2n) is 13.0. The third-order valence-corrected chi connectivity index (χ3v) is 8.32. The Morgan fingerprint density at radius 2 is 0.714 bits per heavy atom. The number of hydrogen-bond donors (Lipinski definition) is 2. The van der Waals surface area contributed by atoms with E-state index in [2.05, 4.69) is 37.2 Å². The highest BCUT2D eigenvalue weighted by Crippen LogP contribution is 2.19. The predicted octanol–water partition coefficient (Wildman–Crippen LogP) is 10.4. The lowest BCUT2D eigenvalue weighted by molar-refractivity contribution is -0.138. The number of carboxylic acids is 2. The average molecular weight is 588 g/mol. The fourth-order valence-corrected chi connectivity index (χ4v) is 5.98. The molecular formula is C37H65NO4. The summed E-state index contributed by atoms with van der Waals surface area (Å²) < 4.78 is 0. The van der Waals surface area contributed by atoms with Gasteiger partial charge in [0.2, 0.25) is 0 Å². The topological polar surface area (TPSA) is 77.8 Å². The van der Waals surface area contributed by atoms with Gasteiger partial charge < -0.3 is 15.1 Å². The van der Waals surface area contributed by atoms with Crippen molar-refractivity contribution in [1.29, 1.82) is 0 Å². The first kappa shape index (κ1) is 38.1. The molecule has 2 N–H and O–H groups in total. The second-order valence-corrected chi connectivity index (χ2v) is 13.0. The number of carbonyl (C=O) groups is 2. The summed E-state index contributed by atoms with van der Waals surface area (Å²) in [5, 5.41) is 17.4. The van der Waals surface area contributed by atoms with Crippen LogP contribution >= 0.6 is 0 Å². The van der Waals surface area contributed by atoms with Crippen molar-refractivity contribution in [2.24, 2.45) is 0 Å². The zero-order chi connectivity index (χ0) is 30.7. The molecule has 5 heteroatoms. The van der Waals surface area contributed by atoms with E-state index in [-0.39, 0.29) is 0 Å². The van der Waals surface area contributed by atoms with Crippen LogP contribution < -0.4 is 0 Å². The first-order valence-corrected chi connectivity index (χ1v) is 17.6. The third-order valence-electron chi connectivity index (χ3n) is 8.32. The van der Waals surface area contributed by atoms with Gasteiger partial charge in [-0.3, -0.25) is 9.59 Å². The zero-order valence-corrected chi connectivity index (χ0v) is 27.5. The lowest BCUT2D eigenvalue weighted by Crippen LogP contribution is -2.11. The molecule has 5 nitrogen and oxygen atoms in total. The molecule has 0 saturated carbocycles. The maximum Gasteiger partial charge on any atom is 0.303 e. The molecule has 0 aliphatic heterocycles. The SMILES string of the molecule is CN(C)Cc1cc(CCCCCCCCCCCCCC(=O)O)cc(CCCCCCCCCCCCCC(=O)O)c1. The number of rotatable bonds is 30. The Balaban J connectivity index is 2.14. The molecule has 0 bridgehead atoms. The summed E-state index contributed by atoms with van der Waals surface area (Å²) in [5.74, 6) is -1.33. The molecule has 1 rings (SSSR count). The zero-order valence-electron chi connectivity index (χ0n) is 27.5. The number of carboxylic acid groups (broad SMARTS) is 2. The average Bonchev–Trinajstić information content (AvgIpc) is 2.93. The molecule has 0 spiro atoms. The number of benzene rings is 1. The molecule has 42 heavy (non-hydrogen) atoms. The molecule has 1 aromatic carbocycles. The van der Waals surface area contributed by atoms with E-state index in [1.807, 2.05) is 0 Å². The summed E-state index contributed by atoms with van der Waals surface area (Å²) in [7, 11) is 4.32. The highest BCUT2D eigenvalue weighted by atomic mass is 16.4. The Kier molecular flexibility index (Phi) is 24.3. The van der Waals surface area contributed by atoms with Crippen LogP contribution in [-0.4, -0.2) is 41.1 Å². The van der Waals surface area contributed by atoms with Crippen LogP contribution in [0.3, 0.4) is 0 Å². The summed E-state index contributed by atoms with van der Waals surface area (Å²) in [5.41, 5.74) is 4.50. The van der Waals surface area contributed by atoms with Crippen molar-refractivity contribution in [1.82, 2.24) is 4.90 Å². The smallest absolute Gasteiger partial charge is 0.303 e. The highest BCUT2D eigenvalue weighted by molar-refractivity contribution is 5.66. The lowest BCUT2D eigenvalue weighted by Gasteiger charge is -2.14. The van der Waals surface area contributed by atoms with Gasteiger partial charge in [-0.05, 0) is 69.3 Å². The minimum absolute atomic E-state index is 0.324. The Labute approximate surface area is 258 Å². The van der Waals surface area contributed by atoms with Gasteiger partial charge in [-0.25, -0.2) is 0 Å². The predicted molar refractivity (Wildman–Crippen MR) is 177 cm³/mol. The van der Waals surface area contributed by atoms with Crippen molar-refractivity contribution < 1.29 is 19.8 Å². The van der Waals surface area contributed by atoms with Gasteiger partial charge >= 0.3 is 11.9 Å². The first-order chi connectivity index (χ1) is 20.4. The van der Waals surface area contributed by atoms with E-state index in [1.54, 1.807) is 0 Å². The van der Waals surface area contributed by atoms with Gasteiger partial charge in [0.15, 0.2) is 0 Å². The molecule has 0 unspecified atom stereocenters. The van der Waals surface area contributed by atoms with Crippen LogP contribution in [0.4, 0.5) is 0 Å². The Morgan fingerprint density at radius 1 is 0.452 bits per heavy atom. The lowest BCUT2D eigenvalue weighted by atomic mass is 9.97. The van der Waals surface area contributed by atoms with E-state index in [9.17, 15) is 9.59 Å². The quantitative estimate of drug-likeness (QED) is 0.0875. The molecule has 0 atom stereocenters. The Hall–Kier alpha value is -1.88.